The highest BCUT2D eigenvalue weighted by atomic mass is 35.5. The first kappa shape index (κ1) is 14.4. The molecular formula is C14H9ClF3NO. The van der Waals surface area contributed by atoms with Gasteiger partial charge >= 0.3 is 0 Å². The van der Waals surface area contributed by atoms with E-state index in [1.165, 1.54) is 13.0 Å². The number of nitrogens with two attached hydrogens (primary N) is 1. The van der Waals surface area contributed by atoms with Crippen LogP contribution in [0.4, 0.5) is 18.9 Å². The number of benzene rings is 2. The molecular weight excluding hydrogens is 291 g/mol. The molecule has 0 amide bonds. The molecule has 0 aromatic heterocycles. The topological polar surface area (TPSA) is 43.1 Å². The second-order valence-electron chi connectivity index (χ2n) is 4.26. The molecule has 0 atom stereocenters. The fourth-order valence-corrected chi connectivity index (χ4v) is 1.95. The van der Waals surface area contributed by atoms with Gasteiger partial charge in [-0.25, -0.2) is 13.2 Å². The van der Waals surface area contributed by atoms with E-state index in [1.54, 1.807) is 0 Å². The molecule has 0 unspecified atom stereocenters. The van der Waals surface area contributed by atoms with Crippen LogP contribution in [-0.2, 0) is 0 Å². The average molecular weight is 300 g/mol. The van der Waals surface area contributed by atoms with E-state index in [1.807, 2.05) is 0 Å². The number of rotatable bonds is 2. The minimum absolute atomic E-state index is 0.0736. The number of hydrogen-bond donors (Lipinski definition) is 1. The average Bonchev–Trinajstić information content (AvgIpc) is 2.37. The Balaban J connectivity index is 2.57. The lowest BCUT2D eigenvalue weighted by Gasteiger charge is -2.08. The first-order chi connectivity index (χ1) is 9.31. The second-order valence-corrected chi connectivity index (χ2v) is 4.67. The Morgan fingerprint density at radius 3 is 2.30 bits per heavy atom. The number of aryl methyl sites for hydroxylation is 1. The first-order valence-corrected chi connectivity index (χ1v) is 5.94. The van der Waals surface area contributed by atoms with Crippen molar-refractivity contribution in [2.75, 3.05) is 5.73 Å². The van der Waals surface area contributed by atoms with E-state index in [2.05, 4.69) is 0 Å². The summed E-state index contributed by atoms with van der Waals surface area (Å²) in [6, 6.07) is 3.59. The van der Waals surface area contributed by atoms with Crippen molar-refractivity contribution < 1.29 is 18.0 Å². The number of halogens is 4. The highest BCUT2D eigenvalue weighted by Crippen LogP contribution is 2.26. The lowest BCUT2D eigenvalue weighted by Crippen LogP contribution is -2.08. The van der Waals surface area contributed by atoms with Crippen molar-refractivity contribution in [1.29, 1.82) is 0 Å². The Labute approximate surface area is 118 Å². The number of anilines is 1. The maximum Gasteiger partial charge on any atom is 0.197 e. The fraction of sp³-hybridized carbons (Fsp3) is 0.0714. The van der Waals surface area contributed by atoms with Crippen LogP contribution in [-0.4, -0.2) is 5.78 Å². The van der Waals surface area contributed by atoms with Gasteiger partial charge < -0.3 is 5.73 Å². The molecule has 6 heteroatoms. The summed E-state index contributed by atoms with van der Waals surface area (Å²) in [5, 5.41) is -0.152. The summed E-state index contributed by atoms with van der Waals surface area (Å²) in [6.45, 7) is 1.44. The quantitative estimate of drug-likeness (QED) is 0.675. The lowest BCUT2D eigenvalue weighted by atomic mass is 10.00. The largest absolute Gasteiger partial charge is 0.396 e. The van der Waals surface area contributed by atoms with Crippen LogP contribution in [0.3, 0.4) is 0 Å². The smallest absolute Gasteiger partial charge is 0.197 e. The van der Waals surface area contributed by atoms with Crippen LogP contribution in [0.15, 0.2) is 24.3 Å². The molecule has 2 aromatic carbocycles. The molecule has 104 valence electrons. The normalized spacial score (nSPS) is 10.7. The van der Waals surface area contributed by atoms with Gasteiger partial charge in [-0.05, 0) is 30.7 Å². The van der Waals surface area contributed by atoms with Crippen molar-refractivity contribution >= 4 is 23.1 Å². The zero-order valence-corrected chi connectivity index (χ0v) is 11.1. The Bertz CT molecular complexity index is 657. The molecule has 0 aliphatic rings. The number of carbonyl (C=O) groups is 1. The fourth-order valence-electron chi connectivity index (χ4n) is 1.72. The minimum Gasteiger partial charge on any atom is -0.396 e. The van der Waals surface area contributed by atoms with Crippen LogP contribution in [0.2, 0.25) is 5.02 Å². The van der Waals surface area contributed by atoms with Crippen molar-refractivity contribution in [3.05, 3.63) is 63.4 Å². The van der Waals surface area contributed by atoms with E-state index >= 15 is 0 Å². The summed E-state index contributed by atoms with van der Waals surface area (Å²) >= 11 is 5.78. The van der Waals surface area contributed by atoms with E-state index in [4.69, 9.17) is 17.3 Å². The summed E-state index contributed by atoms with van der Waals surface area (Å²) in [6.07, 6.45) is 0. The van der Waals surface area contributed by atoms with E-state index in [9.17, 15) is 18.0 Å². The monoisotopic (exact) mass is 299 g/mol. The van der Waals surface area contributed by atoms with Gasteiger partial charge in [0.1, 0.15) is 17.5 Å². The van der Waals surface area contributed by atoms with Gasteiger partial charge in [0.25, 0.3) is 0 Å². The standard InChI is InChI=1S/C14H9ClF3NO/c1-6-2-7(9(15)4-10(6)16)14(20)8-3-13(19)12(18)5-11(8)17/h2-5H,19H2,1H3. The molecule has 0 bridgehead atoms. The molecule has 0 saturated carbocycles. The minimum atomic E-state index is -1.06. The molecule has 20 heavy (non-hydrogen) atoms. The highest BCUT2D eigenvalue weighted by Gasteiger charge is 2.20. The maximum absolute atomic E-state index is 13.6. The van der Waals surface area contributed by atoms with Gasteiger partial charge in [0.2, 0.25) is 0 Å². The van der Waals surface area contributed by atoms with Crippen LogP contribution in [0.25, 0.3) is 0 Å². The predicted molar refractivity (Wildman–Crippen MR) is 70.3 cm³/mol. The molecule has 0 aliphatic carbocycles. The predicted octanol–water partition coefficient (Wildman–Crippen LogP) is 3.88. The van der Waals surface area contributed by atoms with Gasteiger partial charge in [0.05, 0.1) is 16.3 Å². The summed E-state index contributed by atoms with van der Waals surface area (Å²) in [7, 11) is 0. The van der Waals surface area contributed by atoms with Crippen molar-refractivity contribution in [3.63, 3.8) is 0 Å². The molecule has 0 aliphatic heterocycles. The van der Waals surface area contributed by atoms with Crippen LogP contribution in [0.1, 0.15) is 21.5 Å². The van der Waals surface area contributed by atoms with Crippen LogP contribution in [0, 0.1) is 24.4 Å². The van der Waals surface area contributed by atoms with Gasteiger partial charge in [0, 0.05) is 11.6 Å². The molecule has 0 fully saturated rings. The third-order valence-electron chi connectivity index (χ3n) is 2.82. The third-order valence-corrected chi connectivity index (χ3v) is 3.14. The van der Waals surface area contributed by atoms with Gasteiger partial charge in [0.15, 0.2) is 5.78 Å². The Hall–Kier alpha value is -2.01. The van der Waals surface area contributed by atoms with Gasteiger partial charge in [-0.1, -0.05) is 11.6 Å². The van der Waals surface area contributed by atoms with E-state index in [0.29, 0.717) is 6.07 Å². The van der Waals surface area contributed by atoms with E-state index in [0.717, 1.165) is 12.1 Å². The summed E-state index contributed by atoms with van der Waals surface area (Å²) < 4.78 is 40.0. The SMILES string of the molecule is Cc1cc(C(=O)c2cc(N)c(F)cc2F)c(Cl)cc1F. The zero-order chi connectivity index (χ0) is 15.0. The molecule has 2 rings (SSSR count). The van der Waals surface area contributed by atoms with Gasteiger partial charge in [-0.15, -0.1) is 0 Å². The summed E-state index contributed by atoms with van der Waals surface area (Å²) in [5.74, 6) is -3.38. The van der Waals surface area contributed by atoms with Gasteiger partial charge in [-0.3, -0.25) is 4.79 Å². The number of carbonyl (C=O) groups excluding carboxylic acids is 1. The summed E-state index contributed by atoms with van der Waals surface area (Å²) in [5.41, 5.74) is 4.65. The second kappa shape index (κ2) is 5.17. The molecule has 0 heterocycles. The van der Waals surface area contributed by atoms with Crippen molar-refractivity contribution in [1.82, 2.24) is 0 Å². The van der Waals surface area contributed by atoms with Crippen LogP contribution in [0.5, 0.6) is 0 Å². The zero-order valence-electron chi connectivity index (χ0n) is 10.3. The van der Waals surface area contributed by atoms with E-state index in [-0.39, 0.29) is 21.8 Å². The summed E-state index contributed by atoms with van der Waals surface area (Å²) in [4.78, 5) is 12.2. The molecule has 0 spiro atoms. The Morgan fingerprint density at radius 2 is 1.65 bits per heavy atom. The maximum atomic E-state index is 13.6. The number of ketones is 1. The molecule has 2 aromatic rings. The first-order valence-electron chi connectivity index (χ1n) is 5.56. The van der Waals surface area contributed by atoms with Crippen LogP contribution >= 0.6 is 11.6 Å². The van der Waals surface area contributed by atoms with Gasteiger partial charge in [-0.2, -0.15) is 0 Å². The Kier molecular flexibility index (Phi) is 3.72. The lowest BCUT2D eigenvalue weighted by molar-refractivity contribution is 0.103. The van der Waals surface area contributed by atoms with Crippen molar-refractivity contribution in [2.45, 2.75) is 6.92 Å². The molecule has 2 N–H and O–H groups in total. The van der Waals surface area contributed by atoms with Crippen molar-refractivity contribution in [2.24, 2.45) is 0 Å². The molecule has 2 nitrogen and oxygen atoms in total. The van der Waals surface area contributed by atoms with Crippen molar-refractivity contribution in [3.8, 4) is 0 Å². The number of hydrogen-bond acceptors (Lipinski definition) is 2. The number of nitrogen functional groups attached to an aromatic ring is 1. The molecule has 0 radical (unpaired) electrons. The highest BCUT2D eigenvalue weighted by molar-refractivity contribution is 6.35. The van der Waals surface area contributed by atoms with Crippen LogP contribution < -0.4 is 5.73 Å². The Morgan fingerprint density at radius 1 is 1.00 bits per heavy atom. The van der Waals surface area contributed by atoms with E-state index < -0.39 is 28.8 Å². The third kappa shape index (κ3) is 2.49. The molecule has 0 saturated heterocycles.